The Labute approximate surface area is 84.3 Å². The minimum Gasteiger partial charge on any atom is -0.103 e. The molecule has 1 rings (SSSR count). The van der Waals surface area contributed by atoms with Gasteiger partial charge in [-0.15, -0.1) is 6.58 Å². The second-order valence-corrected chi connectivity index (χ2v) is 1.56. The number of allylic oxidation sites excluding steroid dienone is 1. The summed E-state index contributed by atoms with van der Waals surface area (Å²) in [5, 5.41) is 0. The molecule has 0 aromatic heterocycles. The average Bonchev–Trinajstić information content (AvgIpc) is 2.27. The van der Waals surface area contributed by atoms with E-state index in [0.29, 0.717) is 0 Å². The van der Waals surface area contributed by atoms with Gasteiger partial charge in [-0.3, -0.25) is 0 Å². The lowest BCUT2D eigenvalue weighted by molar-refractivity contribution is 1.50. The van der Waals surface area contributed by atoms with Gasteiger partial charge in [-0.05, 0) is 6.92 Å². The summed E-state index contributed by atoms with van der Waals surface area (Å²) in [6.45, 7) is 13.2. The predicted molar refractivity (Wildman–Crippen MR) is 65.0 cm³/mol. The lowest BCUT2D eigenvalue weighted by Gasteiger charge is -1.69. The van der Waals surface area contributed by atoms with Crippen molar-refractivity contribution >= 4 is 0 Å². The summed E-state index contributed by atoms with van der Waals surface area (Å²) in [5.41, 5.74) is 0. The van der Waals surface area contributed by atoms with Crippen molar-refractivity contribution in [3.8, 4) is 0 Å². The van der Waals surface area contributed by atoms with Gasteiger partial charge in [-0.25, -0.2) is 0 Å². The van der Waals surface area contributed by atoms with Gasteiger partial charge in [-0.1, -0.05) is 70.2 Å². The van der Waals surface area contributed by atoms with Crippen LogP contribution in [0.5, 0.6) is 0 Å². The van der Waals surface area contributed by atoms with Gasteiger partial charge in [-0.2, -0.15) is 0 Å². The predicted octanol–water partition coefficient (Wildman–Crippen LogP) is 4.93. The van der Waals surface area contributed by atoms with E-state index < -0.39 is 0 Å². The quantitative estimate of drug-likeness (QED) is 0.496. The zero-order valence-corrected chi connectivity index (χ0v) is 9.75. The lowest BCUT2D eigenvalue weighted by Crippen LogP contribution is -1.47. The molecular weight excluding hydrogens is 156 g/mol. The van der Waals surface area contributed by atoms with Crippen LogP contribution in [0, 0.1) is 0 Å². The van der Waals surface area contributed by atoms with Gasteiger partial charge in [0.1, 0.15) is 0 Å². The average molecular weight is 180 g/mol. The van der Waals surface area contributed by atoms with Crippen molar-refractivity contribution in [3.63, 3.8) is 0 Å². The molecule has 0 atom stereocenters. The number of hydrogen-bond acceptors (Lipinski definition) is 0. The van der Waals surface area contributed by atoms with Crippen LogP contribution in [0.25, 0.3) is 0 Å². The largest absolute Gasteiger partial charge is 0.103 e. The molecule has 13 heavy (non-hydrogen) atoms. The molecule has 0 heterocycles. The molecule has 0 unspecified atom stereocenters. The molecule has 0 amide bonds. The molecule has 0 aliphatic heterocycles. The third-order valence-electron chi connectivity index (χ3n) is 0.667. The van der Waals surface area contributed by atoms with Crippen molar-refractivity contribution in [2.75, 3.05) is 0 Å². The summed E-state index contributed by atoms with van der Waals surface area (Å²) in [6.07, 6.45) is 1.75. The van der Waals surface area contributed by atoms with E-state index in [4.69, 9.17) is 0 Å². The van der Waals surface area contributed by atoms with Gasteiger partial charge in [0.25, 0.3) is 0 Å². The van der Waals surface area contributed by atoms with Crippen molar-refractivity contribution in [2.45, 2.75) is 34.6 Å². The van der Waals surface area contributed by atoms with Crippen LogP contribution in [0.4, 0.5) is 0 Å². The van der Waals surface area contributed by atoms with Crippen LogP contribution in [0.1, 0.15) is 34.6 Å². The van der Waals surface area contributed by atoms with Crippen molar-refractivity contribution in [1.82, 2.24) is 0 Å². The Balaban J connectivity index is -0.000000124. The minimum atomic E-state index is 1.75. The first kappa shape index (κ1) is 17.9. The summed E-state index contributed by atoms with van der Waals surface area (Å²) >= 11 is 0. The second kappa shape index (κ2) is 30.6. The van der Waals surface area contributed by atoms with Crippen molar-refractivity contribution < 1.29 is 0 Å². The van der Waals surface area contributed by atoms with Crippen LogP contribution in [0.3, 0.4) is 0 Å². The molecule has 0 heteroatoms. The first-order chi connectivity index (χ1) is 6.41. The Bertz CT molecular complexity index is 103. The van der Waals surface area contributed by atoms with Gasteiger partial charge in [0.05, 0.1) is 0 Å². The van der Waals surface area contributed by atoms with Gasteiger partial charge in [0.2, 0.25) is 0 Å². The molecule has 0 spiro atoms. The second-order valence-electron chi connectivity index (χ2n) is 1.56. The Morgan fingerprint density at radius 2 is 0.769 bits per heavy atom. The zero-order chi connectivity index (χ0) is 10.9. The third-order valence-corrected chi connectivity index (χ3v) is 0.667. The van der Waals surface area contributed by atoms with Crippen LogP contribution < -0.4 is 0 Å². The first-order valence-corrected chi connectivity index (χ1v) is 4.99. The molecule has 0 saturated heterocycles. The van der Waals surface area contributed by atoms with E-state index in [2.05, 4.69) is 6.58 Å². The molecule has 1 aromatic carbocycles. The summed E-state index contributed by atoms with van der Waals surface area (Å²) in [6, 6.07) is 12.0. The number of rotatable bonds is 0. The van der Waals surface area contributed by atoms with Gasteiger partial charge in [0, 0.05) is 0 Å². The molecule has 1 aromatic rings. The van der Waals surface area contributed by atoms with E-state index in [1.54, 1.807) is 6.08 Å². The highest BCUT2D eigenvalue weighted by Crippen LogP contribution is 1.79. The van der Waals surface area contributed by atoms with E-state index in [0.717, 1.165) is 0 Å². The molecule has 0 aliphatic rings. The van der Waals surface area contributed by atoms with Crippen LogP contribution >= 0.6 is 0 Å². The first-order valence-electron chi connectivity index (χ1n) is 4.99. The maximum absolute atomic E-state index is 3.36. The highest BCUT2D eigenvalue weighted by molar-refractivity contribution is 4.99. The smallest absolute Gasteiger partial charge is 0.0473 e. The molecule has 76 valence electrons. The Hall–Kier alpha value is -1.04. The van der Waals surface area contributed by atoms with E-state index in [9.17, 15) is 0 Å². The Morgan fingerprint density at radius 1 is 0.692 bits per heavy atom. The molecule has 0 radical (unpaired) electrons. The van der Waals surface area contributed by atoms with Gasteiger partial charge < -0.3 is 0 Å². The molecule has 0 N–H and O–H groups in total. The summed E-state index contributed by atoms with van der Waals surface area (Å²) < 4.78 is 0. The molecular formula is C13H24. The van der Waals surface area contributed by atoms with Crippen molar-refractivity contribution in [3.05, 3.63) is 49.1 Å². The fraction of sp³-hybridized carbons (Fsp3) is 0.385. The van der Waals surface area contributed by atoms with Crippen LogP contribution in [-0.4, -0.2) is 0 Å². The summed E-state index contributed by atoms with van der Waals surface area (Å²) in [4.78, 5) is 0. The highest BCUT2D eigenvalue weighted by Gasteiger charge is 1.57. The number of hydrogen-bond donors (Lipinski definition) is 0. The van der Waals surface area contributed by atoms with Crippen molar-refractivity contribution in [2.24, 2.45) is 0 Å². The fourth-order valence-electron chi connectivity index (χ4n) is 0.385. The number of benzene rings is 1. The molecule has 0 nitrogen and oxygen atoms in total. The van der Waals surface area contributed by atoms with Gasteiger partial charge in [0.15, 0.2) is 0 Å². The topological polar surface area (TPSA) is 0 Å². The van der Waals surface area contributed by atoms with Crippen LogP contribution in [0.2, 0.25) is 0 Å². The third kappa shape index (κ3) is 35.8. The fourth-order valence-corrected chi connectivity index (χ4v) is 0.385. The summed E-state index contributed by atoms with van der Waals surface area (Å²) in [5.74, 6) is 0. The van der Waals surface area contributed by atoms with Crippen LogP contribution in [0.15, 0.2) is 49.1 Å². The standard InChI is InChI=1S/C6H6.C3H6.2C2H6/c1-2-4-6-5-3-1;1-3-2;2*1-2/h1-6H;3H,1H2,2H3;2*1-2H3. The lowest BCUT2D eigenvalue weighted by atomic mass is 10.4. The van der Waals surface area contributed by atoms with Crippen molar-refractivity contribution in [1.29, 1.82) is 0 Å². The zero-order valence-electron chi connectivity index (χ0n) is 9.75. The monoisotopic (exact) mass is 180 g/mol. The SMILES string of the molecule is C=CC.CC.CC.c1ccccc1. The molecule has 0 bridgehead atoms. The van der Waals surface area contributed by atoms with Gasteiger partial charge >= 0.3 is 0 Å². The van der Waals surface area contributed by atoms with E-state index in [1.165, 1.54) is 0 Å². The Kier molecular flexibility index (Phi) is 42.1. The summed E-state index contributed by atoms with van der Waals surface area (Å²) in [7, 11) is 0. The van der Waals surface area contributed by atoms with Crippen LogP contribution in [-0.2, 0) is 0 Å². The molecule has 0 aliphatic carbocycles. The maximum Gasteiger partial charge on any atom is -0.0473 e. The van der Waals surface area contributed by atoms with E-state index in [1.807, 2.05) is 71.0 Å². The highest BCUT2D eigenvalue weighted by atomic mass is 13.6. The Morgan fingerprint density at radius 3 is 0.846 bits per heavy atom. The van der Waals surface area contributed by atoms with E-state index >= 15 is 0 Å². The minimum absolute atomic E-state index is 1.75. The maximum atomic E-state index is 3.36. The van der Waals surface area contributed by atoms with E-state index in [-0.39, 0.29) is 0 Å². The normalized spacial score (nSPS) is 5.62. The molecule has 0 fully saturated rings. The molecule has 0 saturated carbocycles.